The minimum absolute atomic E-state index is 0.271. The molecule has 0 radical (unpaired) electrons. The van der Waals surface area contributed by atoms with Crippen LogP contribution in [0.15, 0.2) is 60.7 Å². The van der Waals surface area contributed by atoms with E-state index in [4.69, 9.17) is 16.2 Å². The maximum atomic E-state index is 11.7. The summed E-state index contributed by atoms with van der Waals surface area (Å²) >= 11 is 0. The summed E-state index contributed by atoms with van der Waals surface area (Å²) in [4.78, 5) is 16.4. The Bertz CT molecular complexity index is 1220. The highest BCUT2D eigenvalue weighted by Crippen LogP contribution is 2.34. The summed E-state index contributed by atoms with van der Waals surface area (Å²) < 4.78 is 4.90. The number of aromatic nitrogens is 1. The number of carbonyl (C=O) groups excluding carboxylic acids is 1. The molecule has 0 aliphatic heterocycles. The van der Waals surface area contributed by atoms with Crippen molar-refractivity contribution in [3.05, 3.63) is 66.2 Å². The smallest absolute Gasteiger partial charge is 0.411 e. The van der Waals surface area contributed by atoms with E-state index in [0.717, 1.165) is 10.8 Å². The topological polar surface area (TPSA) is 136 Å². The Kier molecular flexibility index (Phi) is 5.46. The first-order valence-electron chi connectivity index (χ1n) is 9.81. The fourth-order valence-electron chi connectivity index (χ4n) is 3.43. The lowest BCUT2D eigenvalue weighted by atomic mass is 10.1. The van der Waals surface area contributed by atoms with Gasteiger partial charge in [-0.15, -0.1) is 0 Å². The van der Waals surface area contributed by atoms with Crippen LogP contribution in [0.3, 0.4) is 0 Å². The van der Waals surface area contributed by atoms with Gasteiger partial charge in [0.2, 0.25) is 0 Å². The summed E-state index contributed by atoms with van der Waals surface area (Å²) in [6, 6.07) is 17.7. The number of benzene rings is 3. The molecule has 1 unspecified atom stereocenters. The van der Waals surface area contributed by atoms with Crippen molar-refractivity contribution in [2.24, 2.45) is 0 Å². The molecule has 0 spiro atoms. The van der Waals surface area contributed by atoms with E-state index < -0.39 is 12.3 Å². The number of anilines is 4. The summed E-state index contributed by atoms with van der Waals surface area (Å²) in [6.45, 7) is 2.00. The molecule has 1 atom stereocenters. The van der Waals surface area contributed by atoms with Crippen molar-refractivity contribution in [1.82, 2.24) is 4.98 Å². The Labute approximate surface area is 178 Å². The molecule has 158 valence electrons. The summed E-state index contributed by atoms with van der Waals surface area (Å²) in [5, 5.41) is 18.4. The zero-order valence-electron chi connectivity index (χ0n) is 16.9. The lowest BCUT2D eigenvalue weighted by molar-refractivity contribution is 0.168. The first kappa shape index (κ1) is 20.2. The van der Waals surface area contributed by atoms with Crippen molar-refractivity contribution >= 4 is 50.6 Å². The molecule has 0 bridgehead atoms. The second kappa shape index (κ2) is 8.37. The zero-order valence-corrected chi connectivity index (χ0v) is 16.9. The van der Waals surface area contributed by atoms with Crippen LogP contribution in [0.1, 0.15) is 18.7 Å². The first-order valence-corrected chi connectivity index (χ1v) is 9.81. The minimum atomic E-state index is -1.05. The number of hydrogen-bond donors (Lipinski definition) is 5. The molecule has 0 saturated carbocycles. The lowest BCUT2D eigenvalue weighted by Gasteiger charge is -2.19. The molecule has 1 amide bonds. The van der Waals surface area contributed by atoms with Gasteiger partial charge in [-0.3, -0.25) is 5.32 Å². The van der Waals surface area contributed by atoms with Crippen molar-refractivity contribution in [1.29, 1.82) is 0 Å². The normalized spacial score (nSPS) is 11.9. The highest BCUT2D eigenvalue weighted by molar-refractivity contribution is 6.08. The molecule has 0 aliphatic carbocycles. The molecule has 4 aromatic rings. The number of nitrogens with two attached hydrogens (primary N) is 2. The number of nitrogens with one attached hydrogen (secondary N) is 2. The van der Waals surface area contributed by atoms with E-state index in [0.29, 0.717) is 39.3 Å². The molecule has 1 heterocycles. The third-order valence-corrected chi connectivity index (χ3v) is 4.83. The number of aliphatic hydroxyl groups is 1. The number of fused-ring (bicyclic) bond motifs is 2. The second-order valence-electron chi connectivity index (χ2n) is 7.06. The van der Waals surface area contributed by atoms with Crippen LogP contribution in [0, 0.1) is 0 Å². The van der Waals surface area contributed by atoms with E-state index in [1.54, 1.807) is 55.5 Å². The van der Waals surface area contributed by atoms with Gasteiger partial charge in [0.15, 0.2) is 6.23 Å². The zero-order chi connectivity index (χ0) is 22.0. The van der Waals surface area contributed by atoms with Crippen LogP contribution in [0.25, 0.3) is 21.8 Å². The standard InChI is InChI=1S/C23H23N5O3/c1-2-31-23(30)26-16-5-3-4-13(10-16)22(29)28-21-17-8-6-14(24)11-19(17)27-20-12-15(25)7-9-18(20)21/h3-12,22,29H,2,24-25H2,1H3,(H,26,30)(H,27,28). The molecule has 8 nitrogen and oxygen atoms in total. The predicted octanol–water partition coefficient (Wildman–Crippen LogP) is 4.22. The lowest BCUT2D eigenvalue weighted by Crippen LogP contribution is -2.14. The number of hydrogen-bond acceptors (Lipinski definition) is 7. The maximum absolute atomic E-state index is 11.7. The van der Waals surface area contributed by atoms with Gasteiger partial charge in [-0.1, -0.05) is 12.1 Å². The van der Waals surface area contributed by atoms with Crippen LogP contribution >= 0.6 is 0 Å². The summed E-state index contributed by atoms with van der Waals surface area (Å²) in [5.41, 5.74) is 16.2. The van der Waals surface area contributed by atoms with Gasteiger partial charge < -0.3 is 26.6 Å². The van der Waals surface area contributed by atoms with Crippen LogP contribution in [0.4, 0.5) is 27.5 Å². The number of amides is 1. The van der Waals surface area contributed by atoms with Crippen LogP contribution in [-0.2, 0) is 4.74 Å². The van der Waals surface area contributed by atoms with Crippen molar-refractivity contribution in [3.63, 3.8) is 0 Å². The van der Waals surface area contributed by atoms with Gasteiger partial charge in [0.05, 0.1) is 23.3 Å². The quantitative estimate of drug-likeness (QED) is 0.186. The predicted molar refractivity (Wildman–Crippen MR) is 124 cm³/mol. The van der Waals surface area contributed by atoms with Gasteiger partial charge in [-0.2, -0.15) is 0 Å². The molecule has 0 aliphatic rings. The van der Waals surface area contributed by atoms with E-state index in [-0.39, 0.29) is 6.61 Å². The first-order chi connectivity index (χ1) is 14.9. The van der Waals surface area contributed by atoms with E-state index in [9.17, 15) is 9.90 Å². The molecular weight excluding hydrogens is 394 g/mol. The van der Waals surface area contributed by atoms with Crippen molar-refractivity contribution in [3.8, 4) is 0 Å². The fraction of sp³-hybridized carbons (Fsp3) is 0.130. The monoisotopic (exact) mass is 417 g/mol. The van der Waals surface area contributed by atoms with Crippen LogP contribution in [0.2, 0.25) is 0 Å². The van der Waals surface area contributed by atoms with E-state index in [2.05, 4.69) is 15.6 Å². The van der Waals surface area contributed by atoms with Gasteiger partial charge in [0, 0.05) is 33.4 Å². The number of aliphatic hydroxyl groups excluding tert-OH is 1. The number of carbonyl (C=O) groups is 1. The molecule has 0 saturated heterocycles. The van der Waals surface area contributed by atoms with Gasteiger partial charge in [-0.05, 0) is 55.5 Å². The molecular formula is C23H23N5O3. The molecule has 7 N–H and O–H groups in total. The summed E-state index contributed by atoms with van der Waals surface area (Å²) in [7, 11) is 0. The summed E-state index contributed by atoms with van der Waals surface area (Å²) in [5.74, 6) is 0. The Balaban J connectivity index is 1.73. The highest BCUT2D eigenvalue weighted by Gasteiger charge is 2.15. The van der Waals surface area contributed by atoms with Gasteiger partial charge in [0.1, 0.15) is 0 Å². The largest absolute Gasteiger partial charge is 0.450 e. The van der Waals surface area contributed by atoms with Crippen molar-refractivity contribution < 1.29 is 14.6 Å². The number of nitrogen functional groups attached to an aromatic ring is 2. The van der Waals surface area contributed by atoms with E-state index in [1.165, 1.54) is 0 Å². The van der Waals surface area contributed by atoms with Gasteiger partial charge >= 0.3 is 6.09 Å². The Morgan fingerprint density at radius 3 is 2.29 bits per heavy atom. The van der Waals surface area contributed by atoms with Crippen LogP contribution < -0.4 is 22.1 Å². The highest BCUT2D eigenvalue weighted by atomic mass is 16.5. The molecule has 3 aromatic carbocycles. The molecule has 8 heteroatoms. The average Bonchev–Trinajstić information content (AvgIpc) is 2.73. The Hall–Kier alpha value is -4.04. The minimum Gasteiger partial charge on any atom is -0.450 e. The van der Waals surface area contributed by atoms with Crippen molar-refractivity contribution in [2.75, 3.05) is 28.7 Å². The SMILES string of the molecule is CCOC(=O)Nc1cccc(C(O)Nc2c3ccc(N)cc3nc3cc(N)ccc23)c1. The van der Waals surface area contributed by atoms with Gasteiger partial charge in [0.25, 0.3) is 0 Å². The molecule has 4 rings (SSSR count). The molecule has 1 aromatic heterocycles. The number of pyridine rings is 1. The number of rotatable bonds is 5. The van der Waals surface area contributed by atoms with Crippen molar-refractivity contribution in [2.45, 2.75) is 13.2 Å². The maximum Gasteiger partial charge on any atom is 0.411 e. The fourth-order valence-corrected chi connectivity index (χ4v) is 3.43. The van der Waals surface area contributed by atoms with Crippen LogP contribution in [0.5, 0.6) is 0 Å². The third-order valence-electron chi connectivity index (χ3n) is 4.83. The summed E-state index contributed by atoms with van der Waals surface area (Å²) in [6.07, 6.45) is -1.60. The van der Waals surface area contributed by atoms with E-state index in [1.807, 2.05) is 12.1 Å². The molecule has 31 heavy (non-hydrogen) atoms. The Morgan fingerprint density at radius 1 is 1.03 bits per heavy atom. The third kappa shape index (κ3) is 4.29. The number of ether oxygens (including phenoxy) is 1. The second-order valence-corrected chi connectivity index (χ2v) is 7.06. The van der Waals surface area contributed by atoms with Crippen LogP contribution in [-0.4, -0.2) is 22.8 Å². The molecule has 0 fully saturated rings. The van der Waals surface area contributed by atoms with E-state index >= 15 is 0 Å². The Morgan fingerprint density at radius 2 is 1.68 bits per heavy atom. The van der Waals surface area contributed by atoms with Gasteiger partial charge in [-0.25, -0.2) is 9.78 Å². The number of nitrogens with zero attached hydrogens (tertiary/aromatic N) is 1. The average molecular weight is 417 g/mol.